The van der Waals surface area contributed by atoms with Gasteiger partial charge in [0, 0.05) is 34.0 Å². The lowest BCUT2D eigenvalue weighted by atomic mass is 10.1. The minimum atomic E-state index is -0.0389. The molecular weight excluding hydrogens is 414 g/mol. The molecule has 1 heterocycles. The van der Waals surface area contributed by atoms with Crippen LogP contribution >= 0.6 is 23.4 Å². The van der Waals surface area contributed by atoms with Crippen molar-refractivity contribution < 1.29 is 4.79 Å². The number of H-pyrrole nitrogens is 1. The van der Waals surface area contributed by atoms with Crippen LogP contribution in [-0.2, 0) is 4.79 Å². The van der Waals surface area contributed by atoms with E-state index in [1.165, 1.54) is 11.8 Å². The molecule has 1 amide bonds. The van der Waals surface area contributed by atoms with Crippen LogP contribution in [0.3, 0.4) is 0 Å². The summed E-state index contributed by atoms with van der Waals surface area (Å²) < 4.78 is 0. The minimum Gasteiger partial charge on any atom is -0.332 e. The Labute approximate surface area is 184 Å². The molecule has 3 aromatic carbocycles. The zero-order valence-corrected chi connectivity index (χ0v) is 17.7. The van der Waals surface area contributed by atoms with Crippen molar-refractivity contribution in [2.45, 2.75) is 11.6 Å². The molecule has 1 aromatic heterocycles. The average Bonchev–Trinajstić information content (AvgIpc) is 3.21. The summed E-state index contributed by atoms with van der Waals surface area (Å²) in [5, 5.41) is 4.32. The van der Waals surface area contributed by atoms with Gasteiger partial charge in [-0.25, -0.2) is 4.98 Å². The minimum absolute atomic E-state index is 0.0389. The number of amides is 1. The van der Waals surface area contributed by atoms with E-state index in [1.54, 1.807) is 24.3 Å². The third-order valence-corrected chi connectivity index (χ3v) is 5.61. The van der Waals surface area contributed by atoms with Crippen molar-refractivity contribution in [3.05, 3.63) is 90.0 Å². The van der Waals surface area contributed by atoms with Crippen LogP contribution < -0.4 is 5.32 Å². The third kappa shape index (κ3) is 5.12. The SMILES string of the molecule is O=C(CCSc1nc(-c2ccccc2)c(-c2ccccc2)[nH]1)Nc1ccc(Cl)cc1. The van der Waals surface area contributed by atoms with Crippen LogP contribution in [0.5, 0.6) is 0 Å². The first-order chi connectivity index (χ1) is 14.7. The van der Waals surface area contributed by atoms with E-state index in [-0.39, 0.29) is 5.91 Å². The molecule has 0 radical (unpaired) electrons. The van der Waals surface area contributed by atoms with Gasteiger partial charge >= 0.3 is 0 Å². The molecule has 0 saturated carbocycles. The third-order valence-electron chi connectivity index (χ3n) is 4.49. The van der Waals surface area contributed by atoms with Gasteiger partial charge in [-0.1, -0.05) is 84.0 Å². The summed E-state index contributed by atoms with van der Waals surface area (Å²) in [6.45, 7) is 0. The smallest absolute Gasteiger partial charge is 0.225 e. The van der Waals surface area contributed by atoms with Crippen LogP contribution in [0.1, 0.15) is 6.42 Å². The highest BCUT2D eigenvalue weighted by molar-refractivity contribution is 7.99. The number of hydrogen-bond donors (Lipinski definition) is 2. The molecule has 0 saturated heterocycles. The van der Waals surface area contributed by atoms with E-state index in [4.69, 9.17) is 16.6 Å². The number of carbonyl (C=O) groups excluding carboxylic acids is 1. The lowest BCUT2D eigenvalue weighted by Gasteiger charge is -2.04. The summed E-state index contributed by atoms with van der Waals surface area (Å²) in [6, 6.07) is 27.4. The summed E-state index contributed by atoms with van der Waals surface area (Å²) in [6.07, 6.45) is 0.384. The van der Waals surface area contributed by atoms with Gasteiger partial charge in [-0.2, -0.15) is 0 Å². The Kier molecular flexibility index (Phi) is 6.52. The van der Waals surface area contributed by atoms with Gasteiger partial charge in [0.15, 0.2) is 5.16 Å². The Bertz CT molecular complexity index is 1060. The number of rotatable bonds is 7. The van der Waals surface area contributed by atoms with Gasteiger partial charge in [0.25, 0.3) is 0 Å². The number of aromatic nitrogens is 2. The van der Waals surface area contributed by atoms with Crippen molar-refractivity contribution in [1.82, 2.24) is 9.97 Å². The molecule has 4 nitrogen and oxygen atoms in total. The van der Waals surface area contributed by atoms with E-state index in [0.29, 0.717) is 17.2 Å². The number of carbonyl (C=O) groups is 1. The van der Waals surface area contributed by atoms with E-state index in [9.17, 15) is 4.79 Å². The van der Waals surface area contributed by atoms with Crippen molar-refractivity contribution in [2.24, 2.45) is 0 Å². The Morgan fingerprint density at radius 3 is 2.20 bits per heavy atom. The molecule has 6 heteroatoms. The zero-order chi connectivity index (χ0) is 20.8. The molecule has 0 aliphatic carbocycles. The first kappa shape index (κ1) is 20.3. The topological polar surface area (TPSA) is 57.8 Å². The molecule has 4 aromatic rings. The summed E-state index contributed by atoms with van der Waals surface area (Å²) in [4.78, 5) is 20.5. The second-order valence-electron chi connectivity index (χ2n) is 6.65. The average molecular weight is 434 g/mol. The van der Waals surface area contributed by atoms with Gasteiger partial charge in [-0.05, 0) is 24.3 Å². The van der Waals surface area contributed by atoms with Gasteiger partial charge in [0.2, 0.25) is 5.91 Å². The van der Waals surface area contributed by atoms with E-state index in [2.05, 4.69) is 34.6 Å². The van der Waals surface area contributed by atoms with Crippen LogP contribution in [0.15, 0.2) is 90.1 Å². The molecule has 0 bridgehead atoms. The molecule has 0 aliphatic heterocycles. The number of nitrogens with one attached hydrogen (secondary N) is 2. The summed E-state index contributed by atoms with van der Waals surface area (Å²) >= 11 is 7.41. The van der Waals surface area contributed by atoms with Crippen LogP contribution in [0.4, 0.5) is 5.69 Å². The monoisotopic (exact) mass is 433 g/mol. The first-order valence-electron chi connectivity index (χ1n) is 9.58. The summed E-state index contributed by atoms with van der Waals surface area (Å²) in [7, 11) is 0. The summed E-state index contributed by atoms with van der Waals surface area (Å²) in [5.74, 6) is 0.581. The molecular formula is C24H20ClN3OS. The van der Waals surface area contributed by atoms with Crippen LogP contribution in [0.2, 0.25) is 5.02 Å². The lowest BCUT2D eigenvalue weighted by Crippen LogP contribution is -2.12. The number of halogens is 1. The predicted octanol–water partition coefficient (Wildman–Crippen LogP) is 6.52. The van der Waals surface area contributed by atoms with E-state index in [1.807, 2.05) is 36.4 Å². The maximum Gasteiger partial charge on any atom is 0.225 e. The molecule has 4 rings (SSSR count). The van der Waals surface area contributed by atoms with Crippen molar-refractivity contribution >= 4 is 35.0 Å². The fraction of sp³-hybridized carbons (Fsp3) is 0.0833. The van der Waals surface area contributed by atoms with E-state index >= 15 is 0 Å². The molecule has 30 heavy (non-hydrogen) atoms. The number of aromatic amines is 1. The molecule has 2 N–H and O–H groups in total. The number of benzene rings is 3. The standard InChI is InChI=1S/C24H20ClN3OS/c25-19-11-13-20(14-12-19)26-21(29)15-16-30-24-27-22(17-7-3-1-4-8-17)23(28-24)18-9-5-2-6-10-18/h1-14H,15-16H2,(H,26,29)(H,27,28). The highest BCUT2D eigenvalue weighted by Gasteiger charge is 2.14. The highest BCUT2D eigenvalue weighted by atomic mass is 35.5. The second-order valence-corrected chi connectivity index (χ2v) is 8.17. The molecule has 0 spiro atoms. The number of anilines is 1. The van der Waals surface area contributed by atoms with Gasteiger partial charge in [-0.15, -0.1) is 0 Å². The Balaban J connectivity index is 1.45. The van der Waals surface area contributed by atoms with Gasteiger partial charge in [0.05, 0.1) is 11.4 Å². The number of hydrogen-bond acceptors (Lipinski definition) is 3. The summed E-state index contributed by atoms with van der Waals surface area (Å²) in [5.41, 5.74) is 4.77. The number of thioether (sulfide) groups is 1. The van der Waals surface area contributed by atoms with Gasteiger partial charge in [-0.3, -0.25) is 4.79 Å². The Hall–Kier alpha value is -3.02. The molecule has 0 fully saturated rings. The van der Waals surface area contributed by atoms with Crippen LogP contribution in [0, 0.1) is 0 Å². The predicted molar refractivity (Wildman–Crippen MR) is 125 cm³/mol. The van der Waals surface area contributed by atoms with Gasteiger partial charge in [0.1, 0.15) is 0 Å². The molecule has 150 valence electrons. The molecule has 0 aliphatic rings. The van der Waals surface area contributed by atoms with E-state index < -0.39 is 0 Å². The fourth-order valence-corrected chi connectivity index (χ4v) is 3.97. The fourth-order valence-electron chi connectivity index (χ4n) is 3.04. The maximum absolute atomic E-state index is 12.2. The quantitative estimate of drug-likeness (QED) is 0.326. The van der Waals surface area contributed by atoms with Crippen LogP contribution in [0.25, 0.3) is 22.5 Å². The zero-order valence-electron chi connectivity index (χ0n) is 16.1. The maximum atomic E-state index is 12.2. The molecule has 0 atom stereocenters. The van der Waals surface area contributed by atoms with Crippen molar-refractivity contribution in [3.8, 4) is 22.5 Å². The Morgan fingerprint density at radius 2 is 1.53 bits per heavy atom. The van der Waals surface area contributed by atoms with Gasteiger partial charge < -0.3 is 10.3 Å². The van der Waals surface area contributed by atoms with E-state index in [0.717, 1.165) is 33.4 Å². The Morgan fingerprint density at radius 1 is 0.900 bits per heavy atom. The highest BCUT2D eigenvalue weighted by Crippen LogP contribution is 2.32. The second kappa shape index (κ2) is 9.65. The number of nitrogens with zero attached hydrogens (tertiary/aromatic N) is 1. The lowest BCUT2D eigenvalue weighted by molar-refractivity contribution is -0.115. The van der Waals surface area contributed by atoms with Crippen molar-refractivity contribution in [3.63, 3.8) is 0 Å². The van der Waals surface area contributed by atoms with Crippen molar-refractivity contribution in [1.29, 1.82) is 0 Å². The normalized spacial score (nSPS) is 10.7. The van der Waals surface area contributed by atoms with Crippen LogP contribution in [-0.4, -0.2) is 21.6 Å². The first-order valence-corrected chi connectivity index (χ1v) is 10.9. The largest absolute Gasteiger partial charge is 0.332 e. The van der Waals surface area contributed by atoms with Crippen molar-refractivity contribution in [2.75, 3.05) is 11.1 Å². The molecule has 0 unspecified atom stereocenters. The number of imidazole rings is 1.